The number of hydrogen-bond acceptors (Lipinski definition) is 2. The molecule has 1 aliphatic rings. The van der Waals surface area contributed by atoms with Gasteiger partial charge in [0.25, 0.3) is 0 Å². The molecule has 2 heteroatoms. The van der Waals surface area contributed by atoms with Crippen LogP contribution in [0, 0.1) is 5.92 Å². The second-order valence-electron chi connectivity index (χ2n) is 2.58. The molecule has 0 aliphatic carbocycles. The van der Waals surface area contributed by atoms with Crippen molar-refractivity contribution in [1.29, 1.82) is 0 Å². The van der Waals surface area contributed by atoms with Crippen LogP contribution in [0.25, 0.3) is 0 Å². The van der Waals surface area contributed by atoms with Gasteiger partial charge in [0.2, 0.25) is 0 Å². The van der Waals surface area contributed by atoms with Gasteiger partial charge in [0.1, 0.15) is 6.29 Å². The van der Waals surface area contributed by atoms with Gasteiger partial charge in [-0.05, 0) is 32.4 Å². The van der Waals surface area contributed by atoms with E-state index in [9.17, 15) is 4.79 Å². The van der Waals surface area contributed by atoms with E-state index in [-0.39, 0.29) is 1.43 Å². The second kappa shape index (κ2) is 3.62. The molecule has 2 nitrogen and oxygen atoms in total. The van der Waals surface area contributed by atoms with Gasteiger partial charge in [-0.15, -0.1) is 0 Å². The van der Waals surface area contributed by atoms with Crippen LogP contribution in [0.15, 0.2) is 0 Å². The monoisotopic (exact) mass is 128 g/mol. The zero-order valence-electron chi connectivity index (χ0n) is 6.60. The summed E-state index contributed by atoms with van der Waals surface area (Å²) in [6, 6.07) is 0. The summed E-state index contributed by atoms with van der Waals surface area (Å²) in [5.74, 6) is 0.333. The van der Waals surface area contributed by atoms with Crippen LogP contribution in [0.1, 0.15) is 20.7 Å². The van der Waals surface area contributed by atoms with Gasteiger partial charge in [0, 0.05) is 5.92 Å². The highest BCUT2D eigenvalue weighted by atomic mass is 16.1. The number of carbonyl (C=O) groups is 1. The molecule has 1 unspecified atom stereocenters. The summed E-state index contributed by atoms with van der Waals surface area (Å²) < 4.78 is 0. The molecule has 1 atom stereocenters. The van der Waals surface area contributed by atoms with Gasteiger partial charge in [-0.3, -0.25) is 0 Å². The Bertz CT molecular complexity index is 89.6. The predicted molar refractivity (Wildman–Crippen MR) is 37.4 cm³/mol. The van der Waals surface area contributed by atoms with E-state index in [1.165, 1.54) is 0 Å². The van der Waals surface area contributed by atoms with Crippen LogP contribution >= 0.6 is 0 Å². The van der Waals surface area contributed by atoms with Crippen LogP contribution in [0.2, 0.25) is 0 Å². The van der Waals surface area contributed by atoms with Gasteiger partial charge in [-0.25, -0.2) is 0 Å². The maximum absolute atomic E-state index is 10.3. The van der Waals surface area contributed by atoms with Crippen molar-refractivity contribution in [3.05, 3.63) is 0 Å². The van der Waals surface area contributed by atoms with E-state index in [0.717, 1.165) is 38.6 Å². The van der Waals surface area contributed by atoms with Crippen molar-refractivity contribution in [3.63, 3.8) is 0 Å². The summed E-state index contributed by atoms with van der Waals surface area (Å²) >= 11 is 0. The quantitative estimate of drug-likeness (QED) is 0.526. The number of aldehydes is 1. The van der Waals surface area contributed by atoms with Crippen LogP contribution in [0.4, 0.5) is 0 Å². The van der Waals surface area contributed by atoms with Gasteiger partial charge >= 0.3 is 1.43 Å². The Labute approximate surface area is 57.1 Å². The highest BCUT2D eigenvalue weighted by molar-refractivity contribution is 5.53. The first-order chi connectivity index (χ1) is 4.43. The van der Waals surface area contributed by atoms with E-state index < -0.39 is 0 Å². The molecule has 0 spiro atoms. The van der Waals surface area contributed by atoms with E-state index in [2.05, 4.69) is 5.32 Å². The molecule has 0 aromatic rings. The number of rotatable bonds is 1. The molecular weight excluding hydrogens is 114 g/mol. The molecule has 1 rings (SSSR count). The third kappa shape index (κ3) is 2.14. The maximum atomic E-state index is 10.3. The van der Waals surface area contributed by atoms with Crippen LogP contribution < -0.4 is 5.32 Å². The fourth-order valence-corrected chi connectivity index (χ4v) is 1.18. The minimum Gasteiger partial charge on any atom is -0.317 e. The van der Waals surface area contributed by atoms with E-state index >= 15 is 0 Å². The molecule has 0 aromatic carbocycles. The van der Waals surface area contributed by atoms with Crippen LogP contribution in [0.3, 0.4) is 0 Å². The Morgan fingerprint density at radius 2 is 2.33 bits per heavy atom. The molecule has 0 saturated carbocycles. The van der Waals surface area contributed by atoms with Crippen LogP contribution in [-0.4, -0.2) is 19.4 Å². The van der Waals surface area contributed by atoms with Crippen molar-refractivity contribution in [2.45, 2.75) is 19.3 Å². The lowest BCUT2D eigenvalue weighted by Gasteiger charge is -2.01. The average molecular weight is 128 g/mol. The summed E-state index contributed by atoms with van der Waals surface area (Å²) in [6.07, 6.45) is 4.36. The Kier molecular flexibility index (Phi) is 2.71. The third-order valence-corrected chi connectivity index (χ3v) is 1.81. The third-order valence-electron chi connectivity index (χ3n) is 1.81. The SMILES string of the molecule is O=CC1CCCNCC1.[H+]. The highest BCUT2D eigenvalue weighted by Crippen LogP contribution is 2.09. The van der Waals surface area contributed by atoms with Gasteiger partial charge < -0.3 is 10.1 Å². The number of nitrogens with one attached hydrogen (secondary N) is 1. The molecule has 9 heavy (non-hydrogen) atoms. The van der Waals surface area contributed by atoms with Gasteiger partial charge in [0.15, 0.2) is 0 Å². The summed E-state index contributed by atoms with van der Waals surface area (Å²) in [4.78, 5) is 10.3. The minimum absolute atomic E-state index is 0. The largest absolute Gasteiger partial charge is 1.00 e. The number of carbonyl (C=O) groups excluding carboxylic acids is 1. The minimum atomic E-state index is 0. The first-order valence-corrected chi connectivity index (χ1v) is 3.59. The molecule has 1 heterocycles. The summed E-state index contributed by atoms with van der Waals surface area (Å²) in [5, 5.41) is 3.25. The van der Waals surface area contributed by atoms with Crippen molar-refractivity contribution in [2.75, 3.05) is 13.1 Å². The predicted octanol–water partition coefficient (Wildman–Crippen LogP) is 0.687. The molecule has 0 aromatic heterocycles. The van der Waals surface area contributed by atoms with Crippen LogP contribution in [0.5, 0.6) is 0 Å². The first kappa shape index (κ1) is 6.75. The summed E-state index contributed by atoms with van der Waals surface area (Å²) in [7, 11) is 0. The van der Waals surface area contributed by atoms with E-state index in [0.29, 0.717) is 5.92 Å². The molecule has 1 N–H and O–H groups in total. The van der Waals surface area contributed by atoms with Gasteiger partial charge in [-0.1, -0.05) is 0 Å². The van der Waals surface area contributed by atoms with Gasteiger partial charge in [0.05, 0.1) is 0 Å². The standard InChI is InChI=1S/C7H13NO/c9-6-7-2-1-4-8-5-3-7/h6-8H,1-5H2/p+1. The highest BCUT2D eigenvalue weighted by Gasteiger charge is 2.08. The molecule has 0 radical (unpaired) electrons. The molecule has 52 valence electrons. The lowest BCUT2D eigenvalue weighted by molar-refractivity contribution is -0.111. The lowest BCUT2D eigenvalue weighted by atomic mass is 10.0. The van der Waals surface area contributed by atoms with Crippen molar-refractivity contribution in [1.82, 2.24) is 5.32 Å². The van der Waals surface area contributed by atoms with Crippen molar-refractivity contribution in [3.8, 4) is 0 Å². The normalized spacial score (nSPS) is 29.1. The Hall–Kier alpha value is -0.370. The van der Waals surface area contributed by atoms with Crippen molar-refractivity contribution in [2.24, 2.45) is 5.92 Å². The Morgan fingerprint density at radius 1 is 1.44 bits per heavy atom. The Balaban J connectivity index is 0.000000810. The molecule has 0 amide bonds. The maximum Gasteiger partial charge on any atom is 1.00 e. The zero-order valence-corrected chi connectivity index (χ0v) is 5.60. The van der Waals surface area contributed by atoms with Crippen LogP contribution in [-0.2, 0) is 4.79 Å². The molecular formula is C7H14NO+. The number of hydrogen-bond donors (Lipinski definition) is 1. The fourth-order valence-electron chi connectivity index (χ4n) is 1.18. The molecule has 0 bridgehead atoms. The summed E-state index contributed by atoms with van der Waals surface area (Å²) in [6.45, 7) is 2.10. The van der Waals surface area contributed by atoms with E-state index in [1.54, 1.807) is 0 Å². The molecule has 1 fully saturated rings. The summed E-state index contributed by atoms with van der Waals surface area (Å²) in [5.41, 5.74) is 0. The van der Waals surface area contributed by atoms with Gasteiger partial charge in [-0.2, -0.15) is 0 Å². The Morgan fingerprint density at radius 3 is 3.11 bits per heavy atom. The fraction of sp³-hybridized carbons (Fsp3) is 0.857. The average Bonchev–Trinajstić information content (AvgIpc) is 2.13. The van der Waals surface area contributed by atoms with Crippen molar-refractivity contribution < 1.29 is 6.22 Å². The first-order valence-electron chi connectivity index (χ1n) is 3.59. The van der Waals surface area contributed by atoms with E-state index in [4.69, 9.17) is 0 Å². The second-order valence-corrected chi connectivity index (χ2v) is 2.58. The topological polar surface area (TPSA) is 29.1 Å². The lowest BCUT2D eigenvalue weighted by Crippen LogP contribution is -2.14. The van der Waals surface area contributed by atoms with Crippen molar-refractivity contribution >= 4 is 6.29 Å². The van der Waals surface area contributed by atoms with E-state index in [1.807, 2.05) is 0 Å². The molecule has 1 saturated heterocycles. The zero-order chi connectivity index (χ0) is 6.53. The molecule has 1 aliphatic heterocycles. The smallest absolute Gasteiger partial charge is 0.317 e.